The van der Waals surface area contributed by atoms with Crippen LogP contribution in [0.4, 0.5) is 13.6 Å². The Bertz CT molecular complexity index is 533. The maximum Gasteiger partial charge on any atom is 0.314 e. The van der Waals surface area contributed by atoms with Gasteiger partial charge in [0.1, 0.15) is 11.6 Å². The highest BCUT2D eigenvalue weighted by molar-refractivity contribution is 5.73. The monoisotopic (exact) mass is 328 g/mol. The smallest absolute Gasteiger partial charge is 0.314 e. The number of aliphatic hydroxyl groups excluding tert-OH is 1. The van der Waals surface area contributed by atoms with E-state index in [-0.39, 0.29) is 23.9 Å². The second kappa shape index (κ2) is 8.24. The summed E-state index contributed by atoms with van der Waals surface area (Å²) in [6.07, 6.45) is 0.140. The highest BCUT2D eigenvalue weighted by Gasteiger charge is 2.21. The Kier molecular flexibility index (Phi) is 6.94. The molecule has 4 nitrogen and oxygen atoms in total. The minimum absolute atomic E-state index is 0.222. The number of aliphatic hydroxyl groups is 1. The van der Waals surface area contributed by atoms with Gasteiger partial charge in [-0.3, -0.25) is 0 Å². The molecule has 23 heavy (non-hydrogen) atoms. The van der Waals surface area contributed by atoms with E-state index in [0.29, 0.717) is 18.5 Å². The topological polar surface area (TPSA) is 61.4 Å². The quantitative estimate of drug-likeness (QED) is 0.720. The predicted molar refractivity (Wildman–Crippen MR) is 86.3 cm³/mol. The zero-order valence-corrected chi connectivity index (χ0v) is 14.1. The fourth-order valence-electron chi connectivity index (χ4n) is 2.51. The van der Waals surface area contributed by atoms with E-state index in [2.05, 4.69) is 10.6 Å². The van der Waals surface area contributed by atoms with Gasteiger partial charge in [0.15, 0.2) is 0 Å². The Labute approximate surface area is 136 Å². The Hall–Kier alpha value is -1.69. The summed E-state index contributed by atoms with van der Waals surface area (Å²) in [6, 6.07) is 3.08. The van der Waals surface area contributed by atoms with Crippen molar-refractivity contribution >= 4 is 6.03 Å². The summed E-state index contributed by atoms with van der Waals surface area (Å²) < 4.78 is 26.5. The van der Waals surface area contributed by atoms with Gasteiger partial charge in [-0.25, -0.2) is 13.6 Å². The molecule has 0 saturated heterocycles. The molecule has 1 aromatic carbocycles. The number of urea groups is 1. The molecule has 0 spiro atoms. The largest absolute Gasteiger partial charge is 0.393 e. The molecule has 0 saturated carbocycles. The summed E-state index contributed by atoms with van der Waals surface area (Å²) >= 11 is 0. The van der Waals surface area contributed by atoms with Crippen LogP contribution >= 0.6 is 0 Å². The molecule has 0 aromatic heterocycles. The molecule has 0 aliphatic carbocycles. The number of carbonyl (C=O) groups is 1. The van der Waals surface area contributed by atoms with Gasteiger partial charge in [0, 0.05) is 25.1 Å². The Morgan fingerprint density at radius 2 is 1.91 bits per heavy atom. The van der Waals surface area contributed by atoms with Crippen molar-refractivity contribution in [1.29, 1.82) is 0 Å². The fourth-order valence-corrected chi connectivity index (χ4v) is 2.51. The van der Waals surface area contributed by atoms with Crippen LogP contribution in [-0.4, -0.2) is 30.3 Å². The van der Waals surface area contributed by atoms with Crippen molar-refractivity contribution in [3.8, 4) is 0 Å². The number of hydrogen-bond donors (Lipinski definition) is 3. The van der Waals surface area contributed by atoms with Crippen LogP contribution in [0, 0.1) is 17.0 Å². The summed E-state index contributed by atoms with van der Waals surface area (Å²) in [4.78, 5) is 11.8. The van der Waals surface area contributed by atoms with Crippen LogP contribution in [0.2, 0.25) is 0 Å². The molecule has 1 aromatic rings. The van der Waals surface area contributed by atoms with Crippen LogP contribution in [0.15, 0.2) is 18.2 Å². The van der Waals surface area contributed by atoms with Crippen LogP contribution in [0.5, 0.6) is 0 Å². The number of hydrogen-bond acceptors (Lipinski definition) is 2. The van der Waals surface area contributed by atoms with E-state index in [9.17, 15) is 18.7 Å². The molecule has 0 aliphatic rings. The van der Waals surface area contributed by atoms with Gasteiger partial charge < -0.3 is 15.7 Å². The SMILES string of the molecule is C[C@H](O)CC(C)(C)CNC(=O)NC[C@@H](C)c1ccc(F)cc1F. The molecule has 130 valence electrons. The number of rotatable bonds is 7. The van der Waals surface area contributed by atoms with Crippen molar-refractivity contribution < 1.29 is 18.7 Å². The summed E-state index contributed by atoms with van der Waals surface area (Å²) in [5, 5.41) is 14.8. The van der Waals surface area contributed by atoms with Crippen molar-refractivity contribution in [2.24, 2.45) is 5.41 Å². The number of nitrogens with one attached hydrogen (secondary N) is 2. The van der Waals surface area contributed by atoms with Crippen LogP contribution in [0.1, 0.15) is 45.6 Å². The zero-order valence-electron chi connectivity index (χ0n) is 14.1. The first-order chi connectivity index (χ1) is 10.6. The van der Waals surface area contributed by atoms with Crippen LogP contribution in [0.25, 0.3) is 0 Å². The first-order valence-electron chi connectivity index (χ1n) is 7.75. The average Bonchev–Trinajstić information content (AvgIpc) is 2.41. The van der Waals surface area contributed by atoms with Gasteiger partial charge in [-0.1, -0.05) is 26.8 Å². The Morgan fingerprint density at radius 1 is 1.26 bits per heavy atom. The molecular weight excluding hydrogens is 302 g/mol. The van der Waals surface area contributed by atoms with Crippen LogP contribution in [-0.2, 0) is 0 Å². The second-order valence-electron chi connectivity index (χ2n) is 6.85. The lowest BCUT2D eigenvalue weighted by Gasteiger charge is -2.26. The molecular formula is C17H26F2N2O2. The number of carbonyl (C=O) groups excluding carboxylic acids is 1. The standard InChI is InChI=1S/C17H26F2N2O2/c1-11(14-6-5-13(18)7-15(14)19)9-20-16(23)21-10-17(3,4)8-12(2)22/h5-7,11-12,22H,8-10H2,1-4H3,(H2,20,21,23)/t11-,12+/m1/s1. The third-order valence-corrected chi connectivity index (χ3v) is 3.64. The van der Waals surface area contributed by atoms with Crippen LogP contribution < -0.4 is 10.6 Å². The van der Waals surface area contributed by atoms with Crippen molar-refractivity contribution in [3.63, 3.8) is 0 Å². The number of amides is 2. The molecule has 0 fully saturated rings. The van der Waals surface area contributed by atoms with Gasteiger partial charge in [-0.2, -0.15) is 0 Å². The van der Waals surface area contributed by atoms with Gasteiger partial charge in [-0.15, -0.1) is 0 Å². The lowest BCUT2D eigenvalue weighted by molar-refractivity contribution is 0.129. The predicted octanol–water partition coefficient (Wildman–Crippen LogP) is 3.16. The molecule has 3 N–H and O–H groups in total. The zero-order chi connectivity index (χ0) is 17.6. The lowest BCUT2D eigenvalue weighted by Crippen LogP contribution is -2.42. The van der Waals surface area contributed by atoms with Crippen molar-refractivity contribution in [2.75, 3.05) is 13.1 Å². The second-order valence-corrected chi connectivity index (χ2v) is 6.85. The van der Waals surface area contributed by atoms with Gasteiger partial charge in [0.25, 0.3) is 0 Å². The fraction of sp³-hybridized carbons (Fsp3) is 0.588. The van der Waals surface area contributed by atoms with Gasteiger partial charge in [0.05, 0.1) is 6.10 Å². The van der Waals surface area contributed by atoms with Crippen molar-refractivity contribution in [1.82, 2.24) is 10.6 Å². The first kappa shape index (κ1) is 19.4. The van der Waals surface area contributed by atoms with E-state index >= 15 is 0 Å². The minimum Gasteiger partial charge on any atom is -0.393 e. The summed E-state index contributed by atoms with van der Waals surface area (Å²) in [6.45, 7) is 8.04. The summed E-state index contributed by atoms with van der Waals surface area (Å²) in [7, 11) is 0. The minimum atomic E-state index is -0.621. The highest BCUT2D eigenvalue weighted by atomic mass is 19.1. The Morgan fingerprint density at radius 3 is 2.48 bits per heavy atom. The summed E-state index contributed by atoms with van der Waals surface area (Å²) in [5.74, 6) is -1.51. The third kappa shape index (κ3) is 6.95. The van der Waals surface area contributed by atoms with E-state index in [0.717, 1.165) is 6.07 Å². The molecule has 6 heteroatoms. The molecule has 0 bridgehead atoms. The molecule has 1 rings (SSSR count). The van der Waals surface area contributed by atoms with E-state index in [1.54, 1.807) is 13.8 Å². The Balaban J connectivity index is 2.44. The third-order valence-electron chi connectivity index (χ3n) is 3.64. The molecule has 0 unspecified atom stereocenters. The number of benzene rings is 1. The van der Waals surface area contributed by atoms with Gasteiger partial charge >= 0.3 is 6.03 Å². The van der Waals surface area contributed by atoms with Crippen molar-refractivity contribution in [2.45, 2.75) is 46.1 Å². The van der Waals surface area contributed by atoms with Gasteiger partial charge in [0.2, 0.25) is 0 Å². The maximum absolute atomic E-state index is 13.7. The highest BCUT2D eigenvalue weighted by Crippen LogP contribution is 2.21. The lowest BCUT2D eigenvalue weighted by atomic mass is 9.87. The molecule has 2 amide bonds. The average molecular weight is 328 g/mol. The molecule has 0 aliphatic heterocycles. The molecule has 2 atom stereocenters. The maximum atomic E-state index is 13.7. The van der Waals surface area contributed by atoms with E-state index in [4.69, 9.17) is 0 Å². The van der Waals surface area contributed by atoms with E-state index < -0.39 is 17.7 Å². The summed E-state index contributed by atoms with van der Waals surface area (Å²) in [5.41, 5.74) is 0.140. The first-order valence-corrected chi connectivity index (χ1v) is 7.75. The number of halogens is 2. The van der Waals surface area contributed by atoms with E-state index in [1.807, 2.05) is 13.8 Å². The van der Waals surface area contributed by atoms with E-state index in [1.165, 1.54) is 12.1 Å². The normalized spacial score (nSPS) is 14.2. The van der Waals surface area contributed by atoms with Crippen molar-refractivity contribution in [3.05, 3.63) is 35.4 Å². The molecule has 0 radical (unpaired) electrons. The van der Waals surface area contributed by atoms with Gasteiger partial charge in [-0.05, 0) is 30.4 Å². The molecule has 0 heterocycles. The van der Waals surface area contributed by atoms with Crippen LogP contribution in [0.3, 0.4) is 0 Å².